The molecule has 6 nitrogen and oxygen atoms in total. The van der Waals surface area contributed by atoms with E-state index in [2.05, 4.69) is 15.3 Å². The molecule has 0 radical (unpaired) electrons. The van der Waals surface area contributed by atoms with Gasteiger partial charge in [-0.15, -0.1) is 0 Å². The molecule has 0 bridgehead atoms. The van der Waals surface area contributed by atoms with Gasteiger partial charge in [0.05, 0.1) is 16.2 Å². The first-order chi connectivity index (χ1) is 14.0. The molecule has 1 heterocycles. The highest BCUT2D eigenvalue weighted by atomic mass is 32.2. The van der Waals surface area contributed by atoms with E-state index in [1.807, 2.05) is 13.0 Å². The summed E-state index contributed by atoms with van der Waals surface area (Å²) in [6, 6.07) is 6.65. The molecule has 10 heteroatoms. The highest BCUT2D eigenvalue weighted by molar-refractivity contribution is 7.91. The number of sulfone groups is 1. The van der Waals surface area contributed by atoms with Crippen molar-refractivity contribution in [2.24, 2.45) is 5.92 Å². The van der Waals surface area contributed by atoms with Gasteiger partial charge in [0.2, 0.25) is 5.82 Å². The second-order valence-corrected chi connectivity index (χ2v) is 9.62. The second kappa shape index (κ2) is 8.71. The molecule has 1 amide bonds. The average Bonchev–Trinajstić information content (AvgIpc) is 2.69. The van der Waals surface area contributed by atoms with Gasteiger partial charge in [-0.25, -0.2) is 18.4 Å². The Bertz CT molecular complexity index is 1000. The number of carbonyl (C=O) groups is 1. The fourth-order valence-electron chi connectivity index (χ4n) is 3.55. The van der Waals surface area contributed by atoms with Gasteiger partial charge in [-0.1, -0.05) is 12.1 Å². The molecule has 1 fully saturated rings. The normalized spacial score (nSPS) is 20.0. The number of aromatic nitrogens is 2. The van der Waals surface area contributed by atoms with Crippen LogP contribution in [-0.4, -0.2) is 36.1 Å². The molecule has 30 heavy (non-hydrogen) atoms. The van der Waals surface area contributed by atoms with Crippen molar-refractivity contribution < 1.29 is 26.4 Å². The van der Waals surface area contributed by atoms with Gasteiger partial charge in [-0.05, 0) is 56.2 Å². The highest BCUT2D eigenvalue weighted by Crippen LogP contribution is 2.28. The van der Waals surface area contributed by atoms with Crippen LogP contribution >= 0.6 is 0 Å². The van der Waals surface area contributed by atoms with Crippen molar-refractivity contribution >= 4 is 15.7 Å². The van der Waals surface area contributed by atoms with Gasteiger partial charge in [0.15, 0.2) is 9.84 Å². The van der Waals surface area contributed by atoms with Crippen molar-refractivity contribution in [2.75, 3.05) is 5.75 Å². The fraction of sp³-hybridized carbons (Fsp3) is 0.450. The molecule has 1 N–H and O–H groups in total. The molecule has 0 atom stereocenters. The van der Waals surface area contributed by atoms with Crippen LogP contribution in [0.5, 0.6) is 0 Å². The number of amides is 1. The number of hydrogen-bond donors (Lipinski definition) is 1. The third-order valence-corrected chi connectivity index (χ3v) is 7.04. The molecule has 0 spiro atoms. The van der Waals surface area contributed by atoms with Crippen LogP contribution in [0.2, 0.25) is 0 Å². The maximum absolute atomic E-state index is 12.6. The summed E-state index contributed by atoms with van der Waals surface area (Å²) in [5.74, 6) is -1.78. The monoisotopic (exact) mass is 441 g/mol. The quantitative estimate of drug-likeness (QED) is 0.766. The van der Waals surface area contributed by atoms with Gasteiger partial charge in [0.1, 0.15) is 0 Å². The van der Waals surface area contributed by atoms with Crippen LogP contribution in [0, 0.1) is 12.8 Å². The lowest BCUT2D eigenvalue weighted by atomic mass is 9.87. The Morgan fingerprint density at radius 1 is 1.13 bits per heavy atom. The second-order valence-electron chi connectivity index (χ2n) is 7.58. The van der Waals surface area contributed by atoms with Gasteiger partial charge in [0, 0.05) is 18.4 Å². The summed E-state index contributed by atoms with van der Waals surface area (Å²) in [4.78, 5) is 18.9. The Labute approximate surface area is 172 Å². The lowest BCUT2D eigenvalue weighted by molar-refractivity contribution is -0.145. The zero-order valence-corrected chi connectivity index (χ0v) is 17.1. The summed E-state index contributed by atoms with van der Waals surface area (Å²) in [7, 11) is -3.38. The molecule has 0 aliphatic heterocycles. The van der Waals surface area contributed by atoms with Crippen LogP contribution in [0.25, 0.3) is 0 Å². The summed E-state index contributed by atoms with van der Waals surface area (Å²) >= 11 is 0. The van der Waals surface area contributed by atoms with E-state index < -0.39 is 27.7 Å². The summed E-state index contributed by atoms with van der Waals surface area (Å²) in [5.41, 5.74) is 0.835. The van der Waals surface area contributed by atoms with Crippen molar-refractivity contribution in [3.8, 4) is 0 Å². The Kier molecular flexibility index (Phi) is 6.44. The van der Waals surface area contributed by atoms with Crippen LogP contribution < -0.4 is 5.32 Å². The maximum Gasteiger partial charge on any atom is 0.451 e. The molecule has 1 aromatic heterocycles. The Hall–Kier alpha value is -2.49. The Balaban J connectivity index is 1.52. The zero-order valence-electron chi connectivity index (χ0n) is 16.3. The molecule has 1 aromatic carbocycles. The lowest BCUT2D eigenvalue weighted by Gasteiger charge is -2.29. The zero-order chi connectivity index (χ0) is 21.9. The first-order valence-electron chi connectivity index (χ1n) is 9.54. The number of benzene rings is 1. The van der Waals surface area contributed by atoms with Crippen LogP contribution in [0.4, 0.5) is 13.2 Å². The topological polar surface area (TPSA) is 89.0 Å². The number of halogens is 3. The molecule has 0 saturated heterocycles. The molecular weight excluding hydrogens is 419 g/mol. The number of alkyl halides is 3. The van der Waals surface area contributed by atoms with Gasteiger partial charge < -0.3 is 5.32 Å². The molecular formula is C20H22F3N3O3S. The molecule has 0 unspecified atom stereocenters. The van der Waals surface area contributed by atoms with Crippen LogP contribution in [0.3, 0.4) is 0 Å². The third kappa shape index (κ3) is 5.56. The number of nitrogens with one attached hydrogen (secondary N) is 1. The van der Waals surface area contributed by atoms with Gasteiger partial charge in [-0.2, -0.15) is 13.2 Å². The minimum Gasteiger partial charge on any atom is -0.349 e. The van der Waals surface area contributed by atoms with E-state index in [-0.39, 0.29) is 23.3 Å². The molecule has 3 rings (SSSR count). The molecule has 1 aliphatic rings. The van der Waals surface area contributed by atoms with Crippen molar-refractivity contribution in [1.82, 2.24) is 15.3 Å². The molecule has 162 valence electrons. The van der Waals surface area contributed by atoms with Crippen LogP contribution in [-0.2, 0) is 16.0 Å². The first kappa shape index (κ1) is 22.2. The number of rotatable bonds is 5. The van der Waals surface area contributed by atoms with E-state index in [0.29, 0.717) is 30.6 Å². The van der Waals surface area contributed by atoms with E-state index in [1.54, 1.807) is 18.2 Å². The molecule has 2 aromatic rings. The van der Waals surface area contributed by atoms with Crippen LogP contribution in [0.15, 0.2) is 41.6 Å². The largest absolute Gasteiger partial charge is 0.451 e. The maximum atomic E-state index is 12.6. The van der Waals surface area contributed by atoms with E-state index in [1.165, 1.54) is 0 Å². The summed E-state index contributed by atoms with van der Waals surface area (Å²) in [6.45, 7) is 1.84. The summed E-state index contributed by atoms with van der Waals surface area (Å²) in [6.07, 6.45) is -0.482. The highest BCUT2D eigenvalue weighted by Gasteiger charge is 2.34. The van der Waals surface area contributed by atoms with Gasteiger partial charge in [-0.3, -0.25) is 4.79 Å². The predicted octanol–water partition coefficient (Wildman–Crippen LogP) is 3.57. The van der Waals surface area contributed by atoms with E-state index in [9.17, 15) is 26.4 Å². The van der Waals surface area contributed by atoms with Crippen molar-refractivity contribution in [2.45, 2.75) is 49.7 Å². The van der Waals surface area contributed by atoms with Gasteiger partial charge in [0.25, 0.3) is 5.91 Å². The minimum absolute atomic E-state index is 0.00179. The Morgan fingerprint density at radius 3 is 2.33 bits per heavy atom. The van der Waals surface area contributed by atoms with Crippen molar-refractivity contribution in [3.05, 3.63) is 53.6 Å². The van der Waals surface area contributed by atoms with E-state index in [0.717, 1.165) is 18.0 Å². The lowest BCUT2D eigenvalue weighted by Crippen LogP contribution is -2.38. The van der Waals surface area contributed by atoms with Crippen molar-refractivity contribution in [3.63, 3.8) is 0 Å². The Morgan fingerprint density at radius 2 is 1.77 bits per heavy atom. The summed E-state index contributed by atoms with van der Waals surface area (Å²) < 4.78 is 62.8. The van der Waals surface area contributed by atoms with E-state index in [4.69, 9.17) is 0 Å². The SMILES string of the molecule is Cc1cccc(S(=O)(=O)CC2CCC(NC(=O)c3cnc(C(F)(F)F)nc3)CC2)c1. The van der Waals surface area contributed by atoms with E-state index >= 15 is 0 Å². The van der Waals surface area contributed by atoms with Crippen molar-refractivity contribution in [1.29, 1.82) is 0 Å². The first-order valence-corrected chi connectivity index (χ1v) is 11.2. The predicted molar refractivity (Wildman–Crippen MR) is 103 cm³/mol. The number of carbonyl (C=O) groups excluding carboxylic acids is 1. The number of aryl methyl sites for hydroxylation is 1. The third-order valence-electron chi connectivity index (χ3n) is 5.15. The average molecular weight is 441 g/mol. The molecule has 1 aliphatic carbocycles. The summed E-state index contributed by atoms with van der Waals surface area (Å²) in [5, 5.41) is 2.77. The fourth-order valence-corrected chi connectivity index (χ4v) is 5.35. The van der Waals surface area contributed by atoms with Crippen LogP contribution in [0.1, 0.15) is 47.4 Å². The number of hydrogen-bond acceptors (Lipinski definition) is 5. The smallest absolute Gasteiger partial charge is 0.349 e. The minimum atomic E-state index is -4.66. The number of nitrogens with zero attached hydrogens (tertiary/aromatic N) is 2. The molecule has 1 saturated carbocycles. The standard InChI is InChI=1S/C20H22F3N3O3S/c1-13-3-2-4-17(9-13)30(28,29)12-14-5-7-16(8-6-14)26-18(27)15-10-24-19(25-11-15)20(21,22)23/h2-4,9-11,14,16H,5-8,12H2,1H3,(H,26,27). The van der Waals surface area contributed by atoms with Gasteiger partial charge >= 0.3 is 6.18 Å².